The Kier molecular flexibility index (Phi) is 2.05. The van der Waals surface area contributed by atoms with Gasteiger partial charge in [0.05, 0.1) is 0 Å². The molecule has 1 spiro atoms. The Labute approximate surface area is 103 Å². The molecule has 3 saturated carbocycles. The van der Waals surface area contributed by atoms with E-state index in [4.69, 9.17) is 0 Å². The second kappa shape index (κ2) is 2.93. The molecule has 4 unspecified atom stereocenters. The molecule has 0 radical (unpaired) electrons. The van der Waals surface area contributed by atoms with Gasteiger partial charge >= 0.3 is 0 Å². The van der Waals surface area contributed by atoms with Crippen LogP contribution in [-0.4, -0.2) is 15.7 Å². The maximum absolute atomic E-state index is 2.54. The van der Waals surface area contributed by atoms with Crippen LogP contribution in [0.5, 0.6) is 0 Å². The Bertz CT molecular complexity index is 311. The van der Waals surface area contributed by atoms with Crippen LogP contribution in [0.15, 0.2) is 0 Å². The van der Waals surface area contributed by atoms with E-state index in [1.165, 1.54) is 0 Å². The highest BCUT2D eigenvalue weighted by molar-refractivity contribution is 6.40. The predicted octanol–water partition coefficient (Wildman–Crippen LogP) is 2.24. The Morgan fingerprint density at radius 3 is 2.00 bits per heavy atom. The van der Waals surface area contributed by atoms with E-state index in [1.807, 2.05) is 0 Å². The molecule has 0 N–H and O–H groups in total. The molecule has 0 heterocycles. The first-order valence-electron chi connectivity index (χ1n) is 7.29. The molecule has 0 amide bonds. The molecule has 0 saturated heterocycles. The zero-order valence-corrected chi connectivity index (χ0v) is 11.8. The average Bonchev–Trinajstić information content (AvgIpc) is 2.18. The molecule has 0 bridgehead atoms. The van der Waals surface area contributed by atoms with Crippen LogP contribution in [0.3, 0.4) is 0 Å². The standard InChI is InChI=1S/C14H26B2/c1-12(2,3)14(15,16)11-8-9-4-6-13(9)7-5-10(11)13/h9-11H,4-8,15-16H2,1-3H3. The van der Waals surface area contributed by atoms with Gasteiger partial charge in [-0.25, -0.2) is 0 Å². The van der Waals surface area contributed by atoms with Gasteiger partial charge in [0.25, 0.3) is 0 Å². The minimum Gasteiger partial charge on any atom is -0.0769 e. The molecule has 88 valence electrons. The van der Waals surface area contributed by atoms with E-state index >= 15 is 0 Å². The summed E-state index contributed by atoms with van der Waals surface area (Å²) in [5, 5.41) is 0.516. The van der Waals surface area contributed by atoms with Gasteiger partial charge in [-0.2, -0.15) is 0 Å². The molecule has 16 heavy (non-hydrogen) atoms. The fraction of sp³-hybridized carbons (Fsp3) is 1.00. The van der Waals surface area contributed by atoms with Crippen molar-refractivity contribution in [3.63, 3.8) is 0 Å². The lowest BCUT2D eigenvalue weighted by Crippen LogP contribution is -2.50. The first-order valence-corrected chi connectivity index (χ1v) is 7.29. The zero-order valence-electron chi connectivity index (χ0n) is 11.8. The summed E-state index contributed by atoms with van der Waals surface area (Å²) in [4.78, 5) is 0. The second-order valence-corrected chi connectivity index (χ2v) is 8.43. The van der Waals surface area contributed by atoms with Crippen molar-refractivity contribution in [1.29, 1.82) is 0 Å². The van der Waals surface area contributed by atoms with E-state index in [-0.39, 0.29) is 0 Å². The molecule has 0 nitrogen and oxygen atoms in total. The van der Waals surface area contributed by atoms with Crippen LogP contribution in [0.2, 0.25) is 5.21 Å². The summed E-state index contributed by atoms with van der Waals surface area (Å²) >= 11 is 0. The van der Waals surface area contributed by atoms with Gasteiger partial charge in [0.15, 0.2) is 0 Å². The van der Waals surface area contributed by atoms with Gasteiger partial charge < -0.3 is 0 Å². The lowest BCUT2D eigenvalue weighted by atomic mass is 9.35. The fourth-order valence-corrected chi connectivity index (χ4v) is 5.00. The summed E-state index contributed by atoms with van der Waals surface area (Å²) in [6.45, 7) is 7.33. The lowest BCUT2D eigenvalue weighted by molar-refractivity contribution is -0.0760. The van der Waals surface area contributed by atoms with Crippen LogP contribution in [0.1, 0.15) is 52.9 Å². The van der Waals surface area contributed by atoms with Crippen LogP contribution in [0, 0.1) is 28.6 Å². The first-order chi connectivity index (χ1) is 7.29. The third-order valence-corrected chi connectivity index (χ3v) is 7.31. The summed E-state index contributed by atoms with van der Waals surface area (Å²) in [5.74, 6) is 3.23. The summed E-state index contributed by atoms with van der Waals surface area (Å²) in [6, 6.07) is 0. The Balaban J connectivity index is 1.87. The predicted molar refractivity (Wildman–Crippen MR) is 75.2 cm³/mol. The summed E-state index contributed by atoms with van der Waals surface area (Å²) < 4.78 is 0. The van der Waals surface area contributed by atoms with Crippen LogP contribution in [0.4, 0.5) is 0 Å². The normalized spacial score (nSPS) is 46.6. The lowest BCUT2D eigenvalue weighted by Gasteiger charge is -2.59. The average molecular weight is 216 g/mol. The van der Waals surface area contributed by atoms with E-state index in [1.54, 1.807) is 32.1 Å². The molecule has 0 aromatic heterocycles. The summed E-state index contributed by atoms with van der Waals surface area (Å²) in [6.07, 6.45) is 7.78. The van der Waals surface area contributed by atoms with Gasteiger partial charge in [-0.05, 0) is 60.7 Å². The second-order valence-electron chi connectivity index (χ2n) is 8.43. The first kappa shape index (κ1) is 11.2. The molecule has 3 fully saturated rings. The number of rotatable bonds is 1. The van der Waals surface area contributed by atoms with Crippen molar-refractivity contribution < 1.29 is 0 Å². The highest BCUT2D eigenvalue weighted by Crippen LogP contribution is 2.76. The minimum atomic E-state index is 0.457. The van der Waals surface area contributed by atoms with Crippen molar-refractivity contribution in [3.05, 3.63) is 0 Å². The van der Waals surface area contributed by atoms with Crippen molar-refractivity contribution in [2.24, 2.45) is 28.6 Å². The molecule has 0 aromatic carbocycles. The number of hydrogen-bond donors (Lipinski definition) is 0. The molecular weight excluding hydrogens is 190 g/mol. The Morgan fingerprint density at radius 2 is 1.69 bits per heavy atom. The maximum atomic E-state index is 2.54. The quantitative estimate of drug-likeness (QED) is 0.589. The van der Waals surface area contributed by atoms with Crippen LogP contribution < -0.4 is 0 Å². The molecule has 3 aliphatic rings. The SMILES string of the molecule is BC(B)(C1CC2CCC23CCC13)C(C)(C)C. The Morgan fingerprint density at radius 1 is 1.06 bits per heavy atom. The van der Waals surface area contributed by atoms with Crippen molar-refractivity contribution in [1.82, 2.24) is 0 Å². The highest BCUT2D eigenvalue weighted by Gasteiger charge is 2.66. The minimum absolute atomic E-state index is 0.457. The van der Waals surface area contributed by atoms with Crippen LogP contribution in [-0.2, 0) is 0 Å². The molecule has 2 heteroatoms. The van der Waals surface area contributed by atoms with E-state index in [0.29, 0.717) is 10.6 Å². The molecule has 0 aromatic rings. The van der Waals surface area contributed by atoms with Gasteiger partial charge in [-0.15, -0.1) is 0 Å². The highest BCUT2D eigenvalue weighted by atomic mass is 14.7. The Hall–Kier alpha value is 0.130. The van der Waals surface area contributed by atoms with Gasteiger partial charge in [-0.1, -0.05) is 26.0 Å². The van der Waals surface area contributed by atoms with Gasteiger partial charge in [0.1, 0.15) is 15.7 Å². The van der Waals surface area contributed by atoms with Gasteiger partial charge in [0, 0.05) is 0 Å². The third kappa shape index (κ3) is 1.10. The molecule has 3 aliphatic carbocycles. The molecule has 0 aliphatic heterocycles. The van der Waals surface area contributed by atoms with Crippen molar-refractivity contribution in [3.8, 4) is 0 Å². The monoisotopic (exact) mass is 216 g/mol. The van der Waals surface area contributed by atoms with Crippen molar-refractivity contribution in [2.45, 2.75) is 58.1 Å². The van der Waals surface area contributed by atoms with E-state index in [9.17, 15) is 0 Å². The van der Waals surface area contributed by atoms with Gasteiger partial charge in [0.2, 0.25) is 0 Å². The van der Waals surface area contributed by atoms with E-state index in [2.05, 4.69) is 36.5 Å². The van der Waals surface area contributed by atoms with E-state index < -0.39 is 0 Å². The van der Waals surface area contributed by atoms with Crippen LogP contribution >= 0.6 is 0 Å². The smallest absolute Gasteiger partial charge is 0.0769 e. The molecule has 4 atom stereocenters. The summed E-state index contributed by atoms with van der Waals surface area (Å²) in [5.41, 5.74) is 1.32. The van der Waals surface area contributed by atoms with Crippen molar-refractivity contribution in [2.75, 3.05) is 0 Å². The van der Waals surface area contributed by atoms with Gasteiger partial charge in [-0.3, -0.25) is 0 Å². The van der Waals surface area contributed by atoms with E-state index in [0.717, 1.165) is 23.2 Å². The fourth-order valence-electron chi connectivity index (χ4n) is 5.00. The molecular formula is C14H26B2. The number of hydrogen-bond acceptors (Lipinski definition) is 0. The van der Waals surface area contributed by atoms with Crippen molar-refractivity contribution >= 4 is 15.7 Å². The topological polar surface area (TPSA) is 0 Å². The molecule has 3 rings (SSSR count). The van der Waals surface area contributed by atoms with Crippen LogP contribution in [0.25, 0.3) is 0 Å². The maximum Gasteiger partial charge on any atom is 0.100 e. The zero-order chi connectivity index (χ0) is 11.8. The third-order valence-electron chi connectivity index (χ3n) is 7.31. The largest absolute Gasteiger partial charge is 0.100 e. The summed E-state index contributed by atoms with van der Waals surface area (Å²) in [7, 11) is 5.07.